The molecule has 3 nitrogen and oxygen atoms in total. The van der Waals surface area contributed by atoms with E-state index in [1.165, 1.54) is 6.29 Å². The lowest BCUT2D eigenvalue weighted by Gasteiger charge is -2.63. The van der Waals surface area contributed by atoms with E-state index in [4.69, 9.17) is 4.43 Å². The lowest BCUT2D eigenvalue weighted by Crippen LogP contribution is -2.64. The number of Topliss-reactive ketones (excluding diaryl/α,β-unsaturated/α-hetero) is 1. The number of aldehydes is 1. The van der Waals surface area contributed by atoms with Crippen LogP contribution in [0.1, 0.15) is 80.1 Å². The van der Waals surface area contributed by atoms with Gasteiger partial charge in [-0.05, 0) is 67.5 Å². The van der Waals surface area contributed by atoms with Crippen molar-refractivity contribution in [2.45, 2.75) is 104 Å². The van der Waals surface area contributed by atoms with Crippen molar-refractivity contribution in [3.63, 3.8) is 0 Å². The zero-order valence-corrected chi connectivity index (χ0v) is 19.4. The summed E-state index contributed by atoms with van der Waals surface area (Å²) in [5, 5.41) is 0. The Hall–Kier alpha value is -0.483. The van der Waals surface area contributed by atoms with Gasteiger partial charge in [0.05, 0.1) is 11.5 Å². The Morgan fingerprint density at radius 3 is 2.22 bits per heavy atom. The summed E-state index contributed by atoms with van der Waals surface area (Å²) in [7, 11) is -1.78. The maximum Gasteiger partial charge on any atom is 0.192 e. The molecule has 0 amide bonds. The highest BCUT2D eigenvalue weighted by Gasteiger charge is 2.68. The minimum absolute atomic E-state index is 0.0243. The van der Waals surface area contributed by atoms with Crippen LogP contribution < -0.4 is 0 Å². The number of fused-ring (bicyclic) bond motifs is 3. The molecule has 0 N–H and O–H groups in total. The molecule has 0 unspecified atom stereocenters. The number of rotatable bonds is 6. The molecule has 154 valence electrons. The summed E-state index contributed by atoms with van der Waals surface area (Å²) in [6, 6.07) is 3.35. The maximum absolute atomic E-state index is 13.0. The summed E-state index contributed by atoms with van der Waals surface area (Å²) in [6.07, 6.45) is 7.12. The summed E-state index contributed by atoms with van der Waals surface area (Å²) in [5.74, 6) is 1.21. The Kier molecular flexibility index (Phi) is 5.57. The Labute approximate surface area is 167 Å². The molecule has 0 aromatic carbocycles. The van der Waals surface area contributed by atoms with Crippen molar-refractivity contribution < 1.29 is 14.0 Å². The van der Waals surface area contributed by atoms with Gasteiger partial charge in [-0.15, -0.1) is 0 Å². The third-order valence-electron chi connectivity index (χ3n) is 9.82. The lowest BCUT2D eigenvalue weighted by molar-refractivity contribution is -0.184. The number of carbonyl (C=O) groups excluding carboxylic acids is 2. The second kappa shape index (κ2) is 7.09. The van der Waals surface area contributed by atoms with Crippen LogP contribution in [0.2, 0.25) is 18.1 Å². The molecule has 6 atom stereocenters. The Morgan fingerprint density at radius 2 is 1.67 bits per heavy atom. The van der Waals surface area contributed by atoms with Crippen LogP contribution in [0.25, 0.3) is 0 Å². The van der Waals surface area contributed by atoms with E-state index in [1.54, 1.807) is 0 Å². The molecule has 0 aliphatic heterocycles. The fraction of sp³-hybridized carbons (Fsp3) is 0.913. The monoisotopic (exact) mass is 392 g/mol. The number of hydrogen-bond acceptors (Lipinski definition) is 3. The minimum atomic E-state index is -1.78. The van der Waals surface area contributed by atoms with Gasteiger partial charge in [-0.1, -0.05) is 41.5 Å². The molecule has 0 aromatic heterocycles. The van der Waals surface area contributed by atoms with E-state index < -0.39 is 13.7 Å². The average molecular weight is 393 g/mol. The van der Waals surface area contributed by atoms with Gasteiger partial charge in [0.15, 0.2) is 8.32 Å². The highest BCUT2D eigenvalue weighted by atomic mass is 28.4. The predicted octanol–water partition coefficient (Wildman–Crippen LogP) is 5.78. The Balaban J connectivity index is 1.98. The second-order valence-corrected chi connectivity index (χ2v) is 15.0. The topological polar surface area (TPSA) is 43.4 Å². The maximum atomic E-state index is 13.0. The predicted molar refractivity (Wildman–Crippen MR) is 112 cm³/mol. The van der Waals surface area contributed by atoms with E-state index in [1.807, 2.05) is 0 Å². The fourth-order valence-electron chi connectivity index (χ4n) is 7.39. The van der Waals surface area contributed by atoms with Gasteiger partial charge in [0.1, 0.15) is 12.1 Å². The van der Waals surface area contributed by atoms with E-state index >= 15 is 0 Å². The molecular weight excluding hydrogens is 352 g/mol. The van der Waals surface area contributed by atoms with Gasteiger partial charge < -0.3 is 9.22 Å². The van der Waals surface area contributed by atoms with Crippen LogP contribution in [0.15, 0.2) is 0 Å². The Morgan fingerprint density at radius 1 is 1.04 bits per heavy atom. The molecule has 27 heavy (non-hydrogen) atoms. The zero-order valence-electron chi connectivity index (χ0n) is 18.4. The molecule has 3 aliphatic rings. The van der Waals surface area contributed by atoms with Crippen LogP contribution in [0.5, 0.6) is 0 Å². The minimum Gasteiger partial charge on any atom is -0.413 e. The second-order valence-electron chi connectivity index (χ2n) is 10.3. The summed E-state index contributed by atoms with van der Waals surface area (Å²) >= 11 is 0. The summed E-state index contributed by atoms with van der Waals surface area (Å²) in [5.41, 5.74) is -0.796. The Bertz CT molecular complexity index is 592. The van der Waals surface area contributed by atoms with E-state index in [-0.39, 0.29) is 22.9 Å². The van der Waals surface area contributed by atoms with Crippen LogP contribution in [0.4, 0.5) is 0 Å². The van der Waals surface area contributed by atoms with Gasteiger partial charge in [-0.25, -0.2) is 0 Å². The molecule has 0 bridgehead atoms. The molecule has 3 saturated carbocycles. The van der Waals surface area contributed by atoms with Gasteiger partial charge in [0, 0.05) is 11.8 Å². The van der Waals surface area contributed by atoms with Gasteiger partial charge in [0.25, 0.3) is 0 Å². The number of carbonyl (C=O) groups is 2. The first kappa shape index (κ1) is 21.2. The molecule has 0 spiro atoms. The van der Waals surface area contributed by atoms with E-state index in [0.717, 1.165) is 56.7 Å². The van der Waals surface area contributed by atoms with Crippen LogP contribution in [0.3, 0.4) is 0 Å². The first-order chi connectivity index (χ1) is 12.7. The van der Waals surface area contributed by atoms with Crippen LogP contribution in [-0.4, -0.2) is 26.5 Å². The van der Waals surface area contributed by atoms with E-state index in [2.05, 4.69) is 41.5 Å². The first-order valence-corrected chi connectivity index (χ1v) is 13.9. The fourth-order valence-corrected chi connectivity index (χ4v) is 10.4. The number of ketones is 1. The average Bonchev–Trinajstić information content (AvgIpc) is 2.98. The third kappa shape index (κ3) is 2.76. The van der Waals surface area contributed by atoms with Crippen LogP contribution in [0, 0.1) is 28.1 Å². The molecule has 0 aromatic rings. The summed E-state index contributed by atoms with van der Waals surface area (Å²) in [4.78, 5) is 25.6. The van der Waals surface area contributed by atoms with Gasteiger partial charge in [-0.2, -0.15) is 0 Å². The molecule has 4 heteroatoms. The summed E-state index contributed by atoms with van der Waals surface area (Å²) in [6.45, 7) is 13.5. The largest absolute Gasteiger partial charge is 0.413 e. The number of hydrogen-bond donors (Lipinski definition) is 0. The van der Waals surface area contributed by atoms with Gasteiger partial charge in [-0.3, -0.25) is 4.79 Å². The van der Waals surface area contributed by atoms with E-state index in [0.29, 0.717) is 11.7 Å². The van der Waals surface area contributed by atoms with Crippen molar-refractivity contribution in [1.29, 1.82) is 0 Å². The normalized spacial score (nSPS) is 44.7. The van der Waals surface area contributed by atoms with Crippen molar-refractivity contribution in [2.75, 3.05) is 0 Å². The third-order valence-corrected chi connectivity index (χ3v) is 14.5. The van der Waals surface area contributed by atoms with Crippen LogP contribution in [-0.2, 0) is 14.0 Å². The molecule has 0 saturated heterocycles. The molecule has 0 heterocycles. The van der Waals surface area contributed by atoms with Crippen molar-refractivity contribution >= 4 is 20.4 Å². The van der Waals surface area contributed by atoms with Gasteiger partial charge in [0.2, 0.25) is 0 Å². The zero-order chi connectivity index (χ0) is 20.1. The lowest BCUT2D eigenvalue weighted by atomic mass is 9.41. The quantitative estimate of drug-likeness (QED) is 0.425. The molecule has 3 fully saturated rings. The standard InChI is InChI=1S/C23H40O3Si/c1-7-27(8-2,9-3)26-20-14-15-22(5)18(21(20,4)16-24)12-10-17-11-13-19(25)23(17,22)6/h16-18,20H,7-15H2,1-6H3/t17-,18-,20-,21-,22-,23+/m0/s1. The SMILES string of the molecule is CC[Si](CC)(CC)O[C@H]1CC[C@@]2(C)[C@@H](CC[C@H]3CCC(=O)[C@@]32C)[C@]1(C)C=O. The smallest absolute Gasteiger partial charge is 0.192 e. The van der Waals surface area contributed by atoms with E-state index in [9.17, 15) is 9.59 Å². The molecular formula is C23H40O3Si. The summed E-state index contributed by atoms with van der Waals surface area (Å²) < 4.78 is 6.92. The highest BCUT2D eigenvalue weighted by Crippen LogP contribution is 2.69. The molecule has 3 rings (SSSR count). The highest BCUT2D eigenvalue weighted by molar-refractivity contribution is 6.73. The molecule has 3 aliphatic carbocycles. The van der Waals surface area contributed by atoms with Gasteiger partial charge >= 0.3 is 0 Å². The van der Waals surface area contributed by atoms with Crippen molar-refractivity contribution in [2.24, 2.45) is 28.1 Å². The van der Waals surface area contributed by atoms with Crippen molar-refractivity contribution in [1.82, 2.24) is 0 Å². The van der Waals surface area contributed by atoms with Crippen molar-refractivity contribution in [3.05, 3.63) is 0 Å². The molecule has 0 radical (unpaired) electrons. The first-order valence-electron chi connectivity index (χ1n) is 11.3. The van der Waals surface area contributed by atoms with Crippen LogP contribution >= 0.6 is 0 Å². The van der Waals surface area contributed by atoms with Crippen molar-refractivity contribution in [3.8, 4) is 0 Å².